The van der Waals surface area contributed by atoms with Gasteiger partial charge >= 0.3 is 224 Å². The SMILES string of the molecule is CC(C)O[Si](OC(C)C)(OC(C)C)C(F)(F)C(F)(F)C(F)(F)C(F)(F)C(F)(F)C(F)(F)C(F)(F)CCC(F)(F)F.CC(C)O[Si](OC(C)C)(OC(C)C)C(F)(F)C(F)(F)C(F)(F)C(F)(F)C(F)(F)C(F)(F)C(F)(F)CCC(F)(F)F.CO[Si](OC)(OC)C(F)(F)C(F)(F)C(F)(F)C(F)(F)C(F)(F)C(F)(F)C(F)(F)CCC(F)(F)F.CO[Si](OC)(OC)C(F)(F)C(F)(F)C(F)(F)C(F)(F)C(F)(F)C(F)(F)C(F)(F)CCC(F)(F)F. The van der Waals surface area contributed by atoms with Crippen molar-refractivity contribution in [1.29, 1.82) is 0 Å². The Morgan fingerprint density at radius 2 is 0.216 bits per heavy atom. The molecule has 0 unspecified atom stereocenters. The molecule has 0 amide bonds. The highest BCUT2D eigenvalue weighted by atomic mass is 28.4. The summed E-state index contributed by atoms with van der Waals surface area (Å²) in [5, 5.41) is 0. The van der Waals surface area contributed by atoms with Crippen LogP contribution < -0.4 is 0 Å². The van der Waals surface area contributed by atoms with Crippen molar-refractivity contribution in [3.63, 3.8) is 0 Å². The molecule has 12 nitrogen and oxygen atoms in total. The minimum atomic E-state index is -8.47. The third-order valence-corrected chi connectivity index (χ3v) is 30.4. The van der Waals surface area contributed by atoms with E-state index in [9.17, 15) is 281 Å². The first-order chi connectivity index (χ1) is 63.7. The van der Waals surface area contributed by atoms with Gasteiger partial charge in [0.05, 0.1) is 0 Å². The van der Waals surface area contributed by atoms with Crippen molar-refractivity contribution in [1.82, 2.24) is 0 Å². The molecule has 0 radical (unpaired) electrons. The maximum atomic E-state index is 15.2. The van der Waals surface area contributed by atoms with E-state index in [1.807, 2.05) is 0 Å². The Balaban J connectivity index is -0.000000937. The van der Waals surface area contributed by atoms with Crippen molar-refractivity contribution < 1.29 is 352 Å². The monoisotopic (exact) mass is 2440 g/mol. The molecule has 0 N–H and O–H groups in total. The number of rotatable bonds is 54. The van der Waals surface area contributed by atoms with Crippen LogP contribution in [0.1, 0.15) is 134 Å². The van der Waals surface area contributed by atoms with E-state index in [2.05, 4.69) is 53.1 Å². The molecule has 0 aromatic rings. The second kappa shape index (κ2) is 45.9. The lowest BCUT2D eigenvalue weighted by Crippen LogP contribution is -2.78. The molecule has 0 saturated carbocycles. The quantitative estimate of drug-likeness (QED) is 0.0427. The number of hydrogen-bond donors (Lipinski definition) is 0. The molecular formula is C64H76F68O12Si4. The van der Waals surface area contributed by atoms with Crippen LogP contribution in [0.3, 0.4) is 0 Å². The molecule has 0 aromatic carbocycles. The van der Waals surface area contributed by atoms with Gasteiger partial charge in [-0.05, 0) is 83.1 Å². The van der Waals surface area contributed by atoms with Crippen molar-refractivity contribution in [3.05, 3.63) is 0 Å². The van der Waals surface area contributed by atoms with E-state index >= 15 is 17.6 Å². The fourth-order valence-electron chi connectivity index (χ4n) is 10.4. The Bertz CT molecular complexity index is 3770. The summed E-state index contributed by atoms with van der Waals surface area (Å²) in [5.41, 5.74) is -27.3. The van der Waals surface area contributed by atoms with Crippen LogP contribution in [0.2, 0.25) is 0 Å². The average Bonchev–Trinajstić information content (AvgIpc) is 0.697. The molecule has 0 rings (SSSR count). The van der Waals surface area contributed by atoms with Gasteiger partial charge in [0, 0.05) is 131 Å². The van der Waals surface area contributed by atoms with E-state index in [1.54, 1.807) is 0 Å². The van der Waals surface area contributed by atoms with Gasteiger partial charge in [-0.15, -0.1) is 0 Å². The third-order valence-electron chi connectivity index (χ3n) is 18.1. The highest BCUT2D eigenvalue weighted by molar-refractivity contribution is 6.65. The standard InChI is InChI=1S/2C19H25F17O3Si.2C13H13F17O3Si/c2*1-9(2)37-40(38-10(3)4,39-11(5)6)19(35,36)18(33,34)17(31,32)16(29,30)15(27,28)14(25,26)12(20,21)7-8-13(22,23)24;2*1-31-34(32-2,33-3)13(29,30)12(27,28)11(25,26)10(23,24)9(21,22)8(19,20)6(14,15)4-5-7(16,17)18/h2*9-11H,7-8H2,1-6H3;2*4-5H2,1-3H3. The molecule has 148 heavy (non-hydrogen) atoms. The van der Waals surface area contributed by atoms with Gasteiger partial charge in [0.2, 0.25) is 0 Å². The molecule has 0 saturated heterocycles. The van der Waals surface area contributed by atoms with E-state index < -0.39 is 312 Å². The van der Waals surface area contributed by atoms with Gasteiger partial charge < -0.3 is 53.1 Å². The van der Waals surface area contributed by atoms with Gasteiger partial charge in [0.15, 0.2) is 0 Å². The maximum Gasteiger partial charge on any atom is 0.582 e. The average molecular weight is 2440 g/mol. The summed E-state index contributed by atoms with van der Waals surface area (Å²) in [7, 11) is -26.5. The zero-order valence-electron chi connectivity index (χ0n) is 75.7. The molecule has 0 bridgehead atoms. The van der Waals surface area contributed by atoms with Gasteiger partial charge in [-0.1, -0.05) is 0 Å². The first kappa shape index (κ1) is 150. The zero-order valence-corrected chi connectivity index (χ0v) is 79.7. The molecule has 0 fully saturated rings. The van der Waals surface area contributed by atoms with Gasteiger partial charge in [0.25, 0.3) is 0 Å². The molecule has 0 atom stereocenters. The molecule has 84 heteroatoms. The smallest absolute Gasteiger partial charge is 0.373 e. The fourth-order valence-corrected chi connectivity index (χ4v) is 20.1. The van der Waals surface area contributed by atoms with Crippen LogP contribution in [-0.2, 0) is 53.1 Å². The van der Waals surface area contributed by atoms with Crippen LogP contribution >= 0.6 is 0 Å². The number of alkyl halides is 68. The van der Waals surface area contributed by atoms with E-state index in [1.165, 1.54) is 0 Å². The Hall–Kier alpha value is -4.37. The van der Waals surface area contributed by atoms with E-state index in [4.69, 9.17) is 0 Å². The minimum absolute atomic E-state index is 0.0312. The summed E-state index contributed by atoms with van der Waals surface area (Å²) >= 11 is 0. The van der Waals surface area contributed by atoms with E-state index in [0.29, 0.717) is 0 Å². The van der Waals surface area contributed by atoms with E-state index in [0.717, 1.165) is 83.1 Å². The molecule has 0 aliphatic carbocycles. The van der Waals surface area contributed by atoms with E-state index in [-0.39, 0.29) is 42.7 Å². The molecule has 0 heterocycles. The second-order valence-corrected chi connectivity index (χ2v) is 42.3. The summed E-state index contributed by atoms with van der Waals surface area (Å²) < 4.78 is 979. The molecular weight excluding hydrogens is 2360 g/mol. The Kier molecular flexibility index (Phi) is 46.5. The molecule has 0 aliphatic heterocycles. The third kappa shape index (κ3) is 26.7. The van der Waals surface area contributed by atoms with Crippen molar-refractivity contribution in [3.8, 4) is 0 Å². The van der Waals surface area contributed by atoms with Crippen LogP contribution in [0, 0.1) is 0 Å². The van der Waals surface area contributed by atoms with Crippen LogP contribution in [0.5, 0.6) is 0 Å². The van der Waals surface area contributed by atoms with Crippen LogP contribution in [0.15, 0.2) is 0 Å². The Morgan fingerprint density at radius 3 is 0.304 bits per heavy atom. The first-order valence-electron chi connectivity index (χ1n) is 37.9. The topological polar surface area (TPSA) is 111 Å². The first-order valence-corrected chi connectivity index (χ1v) is 44.8. The molecule has 0 spiro atoms. The summed E-state index contributed by atoms with van der Waals surface area (Å²) in [6.45, 7) is 9.76. The predicted molar refractivity (Wildman–Crippen MR) is 362 cm³/mol. The van der Waals surface area contributed by atoms with Gasteiger partial charge in [-0.25, -0.2) is 0 Å². The van der Waals surface area contributed by atoms with Gasteiger partial charge in [-0.2, -0.15) is 299 Å². The predicted octanol–water partition coefficient (Wildman–Crippen LogP) is 29.4. The zero-order chi connectivity index (χ0) is 122. The lowest BCUT2D eigenvalue weighted by atomic mass is 9.90. The fraction of sp³-hybridized carbons (Fsp3) is 1.00. The largest absolute Gasteiger partial charge is 0.582 e. The second-order valence-electron chi connectivity index (χ2n) is 31.5. The van der Waals surface area contributed by atoms with Gasteiger partial charge in [0.1, 0.15) is 0 Å². The van der Waals surface area contributed by atoms with Crippen molar-refractivity contribution in [2.24, 2.45) is 0 Å². The van der Waals surface area contributed by atoms with Crippen molar-refractivity contribution >= 4 is 35.2 Å². The number of halogens is 68. The lowest BCUT2D eigenvalue weighted by Gasteiger charge is -2.46. The van der Waals surface area contributed by atoms with Gasteiger partial charge in [-0.3, -0.25) is 0 Å². The molecule has 896 valence electrons. The minimum Gasteiger partial charge on any atom is -0.373 e. The Labute approximate surface area is 788 Å². The highest BCUT2D eigenvalue weighted by Crippen LogP contribution is 2.71. The number of hydrogen-bond acceptors (Lipinski definition) is 12. The summed E-state index contributed by atoms with van der Waals surface area (Å²) in [6.07, 6.45) is -59.0. The summed E-state index contributed by atoms with van der Waals surface area (Å²) in [6, 6.07) is 0. The normalized spacial score (nSPS) is 16.1. The van der Waals surface area contributed by atoms with Crippen LogP contribution in [0.4, 0.5) is 299 Å². The maximum absolute atomic E-state index is 15.2. The van der Waals surface area contributed by atoms with Crippen molar-refractivity contribution in [2.75, 3.05) is 42.7 Å². The summed E-state index contributed by atoms with van der Waals surface area (Å²) in [5.74, 6) is -191. The van der Waals surface area contributed by atoms with Crippen LogP contribution in [-0.4, -0.2) is 304 Å². The Morgan fingerprint density at radius 1 is 0.128 bits per heavy atom. The van der Waals surface area contributed by atoms with Crippen LogP contribution in [0.25, 0.3) is 0 Å². The lowest BCUT2D eigenvalue weighted by molar-refractivity contribution is -0.439. The van der Waals surface area contributed by atoms with Crippen molar-refractivity contribution in [2.45, 2.75) is 360 Å². The molecule has 0 aromatic heterocycles. The highest BCUT2D eigenvalue weighted by Gasteiger charge is 3.02. The molecule has 0 aliphatic rings. The summed E-state index contributed by atoms with van der Waals surface area (Å²) in [4.78, 5) is 0.